The minimum atomic E-state index is -0.894. The predicted octanol–water partition coefficient (Wildman–Crippen LogP) is 2.65. The number of carbonyl (C=O) groups is 2. The SMILES string of the molecule is CN(C)C1(c2ccccc2)CCC2(CC1)C(OC=O)N(CC1CCOC(O)C1)C(=O)N2CC1(O)CCC1. The van der Waals surface area contributed by atoms with Crippen molar-refractivity contribution in [2.75, 3.05) is 33.8 Å². The Kier molecular flexibility index (Phi) is 7.26. The van der Waals surface area contributed by atoms with Gasteiger partial charge in [-0.05, 0) is 76.9 Å². The highest BCUT2D eigenvalue weighted by Gasteiger charge is 2.63. The Balaban J connectivity index is 1.48. The zero-order chi connectivity index (χ0) is 26.3. The molecule has 2 aliphatic carbocycles. The number of benzene rings is 1. The summed E-state index contributed by atoms with van der Waals surface area (Å²) in [5, 5.41) is 21.2. The molecule has 2 saturated carbocycles. The predicted molar refractivity (Wildman–Crippen MR) is 136 cm³/mol. The summed E-state index contributed by atoms with van der Waals surface area (Å²) < 4.78 is 11.1. The highest BCUT2D eigenvalue weighted by Crippen LogP contribution is 2.52. The van der Waals surface area contributed by atoms with Gasteiger partial charge in [0.05, 0.1) is 18.8 Å². The molecule has 1 spiro atoms. The van der Waals surface area contributed by atoms with Crippen molar-refractivity contribution >= 4 is 12.5 Å². The summed E-state index contributed by atoms with van der Waals surface area (Å²) in [5.41, 5.74) is -0.571. The van der Waals surface area contributed by atoms with Gasteiger partial charge in [0.25, 0.3) is 6.47 Å². The molecule has 9 nitrogen and oxygen atoms in total. The van der Waals surface area contributed by atoms with Crippen molar-refractivity contribution in [2.45, 2.75) is 87.0 Å². The molecule has 0 aromatic heterocycles. The fourth-order valence-corrected chi connectivity index (χ4v) is 7.20. The molecule has 2 amide bonds. The molecule has 5 rings (SSSR count). The molecular weight excluding hydrogens is 474 g/mol. The van der Waals surface area contributed by atoms with Gasteiger partial charge in [-0.1, -0.05) is 30.3 Å². The highest BCUT2D eigenvalue weighted by molar-refractivity contribution is 5.79. The van der Waals surface area contributed by atoms with Crippen LogP contribution in [0.15, 0.2) is 30.3 Å². The normalized spacial score (nSPS) is 35.6. The van der Waals surface area contributed by atoms with E-state index in [1.54, 1.807) is 4.90 Å². The van der Waals surface area contributed by atoms with Gasteiger partial charge in [0.2, 0.25) is 6.23 Å². The highest BCUT2D eigenvalue weighted by atomic mass is 16.6. The van der Waals surface area contributed by atoms with Crippen molar-refractivity contribution < 1.29 is 29.3 Å². The maximum atomic E-state index is 14.0. The summed E-state index contributed by atoms with van der Waals surface area (Å²) in [7, 11) is 4.20. The fourth-order valence-electron chi connectivity index (χ4n) is 7.20. The average molecular weight is 516 g/mol. The standard InChI is InChI=1S/C28H41N3O6/c1-29(2)27(22-7-4-3-5-8-22)12-14-28(15-13-27)24(37-20-32)30(18-21-9-16-36-23(33)17-21)25(34)31(28)19-26(35)10-6-11-26/h3-5,7-8,20-21,23-24,33,35H,6,9-19H2,1-2H3. The Morgan fingerprint density at radius 2 is 1.84 bits per heavy atom. The maximum Gasteiger partial charge on any atom is 0.323 e. The lowest BCUT2D eigenvalue weighted by atomic mass is 9.67. The van der Waals surface area contributed by atoms with Gasteiger partial charge in [-0.25, -0.2) is 4.79 Å². The van der Waals surface area contributed by atoms with Crippen LogP contribution in [-0.4, -0.2) is 94.9 Å². The van der Waals surface area contributed by atoms with Crippen LogP contribution in [0.3, 0.4) is 0 Å². The monoisotopic (exact) mass is 515 g/mol. The number of hydrogen-bond donors (Lipinski definition) is 2. The molecule has 0 radical (unpaired) electrons. The van der Waals surface area contributed by atoms with Crippen LogP contribution in [0.25, 0.3) is 0 Å². The lowest BCUT2D eigenvalue weighted by Gasteiger charge is -2.53. The van der Waals surface area contributed by atoms with E-state index in [1.807, 2.05) is 11.0 Å². The number of rotatable bonds is 8. The van der Waals surface area contributed by atoms with E-state index in [2.05, 4.69) is 43.3 Å². The van der Waals surface area contributed by atoms with Crippen molar-refractivity contribution in [2.24, 2.45) is 5.92 Å². The quantitative estimate of drug-likeness (QED) is 0.513. The van der Waals surface area contributed by atoms with Crippen LogP contribution in [0.5, 0.6) is 0 Å². The topological polar surface area (TPSA) is 103 Å². The first-order chi connectivity index (χ1) is 17.7. The first-order valence-electron chi connectivity index (χ1n) is 13.7. The van der Waals surface area contributed by atoms with E-state index < -0.39 is 23.7 Å². The first kappa shape index (κ1) is 26.4. The number of aliphatic hydroxyl groups is 2. The van der Waals surface area contributed by atoms with Gasteiger partial charge in [0.15, 0.2) is 6.29 Å². The van der Waals surface area contributed by atoms with E-state index in [9.17, 15) is 19.8 Å². The second-order valence-electron chi connectivity index (χ2n) is 11.8. The molecule has 9 heteroatoms. The van der Waals surface area contributed by atoms with Gasteiger partial charge in [0, 0.05) is 18.5 Å². The molecule has 1 aromatic carbocycles. The molecule has 3 unspecified atom stereocenters. The van der Waals surface area contributed by atoms with Crippen molar-refractivity contribution in [1.29, 1.82) is 0 Å². The van der Waals surface area contributed by atoms with Crippen LogP contribution >= 0.6 is 0 Å². The Morgan fingerprint density at radius 1 is 1.14 bits per heavy atom. The van der Waals surface area contributed by atoms with Gasteiger partial charge in [-0.2, -0.15) is 0 Å². The maximum absolute atomic E-state index is 14.0. The molecule has 2 N–H and O–H groups in total. The van der Waals surface area contributed by atoms with E-state index in [4.69, 9.17) is 9.47 Å². The van der Waals surface area contributed by atoms with Crippen LogP contribution in [0, 0.1) is 5.92 Å². The molecule has 4 aliphatic rings. The molecule has 0 bridgehead atoms. The first-order valence-corrected chi connectivity index (χ1v) is 13.7. The second-order valence-corrected chi connectivity index (χ2v) is 11.8. The van der Waals surface area contributed by atoms with Crippen LogP contribution in [0.1, 0.15) is 63.4 Å². The van der Waals surface area contributed by atoms with E-state index in [0.717, 1.165) is 25.7 Å². The smallest absolute Gasteiger partial charge is 0.323 e. The zero-order valence-electron chi connectivity index (χ0n) is 22.1. The molecule has 2 aliphatic heterocycles. The van der Waals surface area contributed by atoms with Gasteiger partial charge in [-0.15, -0.1) is 0 Å². The number of hydrogen-bond acceptors (Lipinski definition) is 7. The number of carbonyl (C=O) groups excluding carboxylic acids is 2. The lowest BCUT2D eigenvalue weighted by molar-refractivity contribution is -0.159. The third kappa shape index (κ3) is 4.64. The Labute approximate surface area is 219 Å². The van der Waals surface area contributed by atoms with Crippen molar-refractivity contribution in [3.8, 4) is 0 Å². The lowest BCUT2D eigenvalue weighted by Crippen LogP contribution is -2.62. The molecule has 1 aromatic rings. The van der Waals surface area contributed by atoms with Gasteiger partial charge >= 0.3 is 6.03 Å². The average Bonchev–Trinajstić information content (AvgIpc) is 3.06. The number of nitrogens with zero attached hydrogens (tertiary/aromatic N) is 3. The Morgan fingerprint density at radius 3 is 2.41 bits per heavy atom. The number of aliphatic hydroxyl groups excluding tert-OH is 1. The van der Waals surface area contributed by atoms with Crippen LogP contribution in [0.4, 0.5) is 4.79 Å². The Hall–Kier alpha value is -2.20. The summed E-state index contributed by atoms with van der Waals surface area (Å²) in [6, 6.07) is 10.3. The summed E-state index contributed by atoms with van der Waals surface area (Å²) in [4.78, 5) is 31.6. The summed E-state index contributed by atoms with van der Waals surface area (Å²) in [6.07, 6.45) is 4.73. The summed E-state index contributed by atoms with van der Waals surface area (Å²) in [6.45, 7) is 1.52. The molecule has 3 atom stereocenters. The van der Waals surface area contributed by atoms with Crippen LogP contribution in [-0.2, 0) is 19.8 Å². The van der Waals surface area contributed by atoms with E-state index >= 15 is 0 Å². The van der Waals surface area contributed by atoms with Crippen LogP contribution in [0.2, 0.25) is 0 Å². The number of urea groups is 1. The molecular formula is C28H41N3O6. The van der Waals surface area contributed by atoms with Gasteiger partial charge in [0.1, 0.15) is 5.54 Å². The van der Waals surface area contributed by atoms with E-state index in [-0.39, 0.29) is 24.0 Å². The Bertz CT molecular complexity index is 960. The third-order valence-corrected chi connectivity index (χ3v) is 9.61. The van der Waals surface area contributed by atoms with E-state index in [0.29, 0.717) is 51.7 Å². The summed E-state index contributed by atoms with van der Waals surface area (Å²) >= 11 is 0. The molecule has 2 saturated heterocycles. The molecule has 204 valence electrons. The fraction of sp³-hybridized carbons (Fsp3) is 0.714. The number of β-amino-alcohol motifs (C(OH)–C–C–N with tert-alkyl or cyclic N) is 1. The third-order valence-electron chi connectivity index (χ3n) is 9.61. The van der Waals surface area contributed by atoms with Gasteiger partial charge < -0.3 is 24.6 Å². The van der Waals surface area contributed by atoms with E-state index in [1.165, 1.54) is 5.56 Å². The number of amides is 2. The minimum Gasteiger partial charge on any atom is -0.441 e. The van der Waals surface area contributed by atoms with Crippen molar-refractivity contribution in [3.63, 3.8) is 0 Å². The largest absolute Gasteiger partial charge is 0.441 e. The minimum absolute atomic E-state index is 0.0445. The zero-order valence-corrected chi connectivity index (χ0v) is 22.1. The van der Waals surface area contributed by atoms with Crippen molar-refractivity contribution in [3.05, 3.63) is 35.9 Å². The molecule has 4 fully saturated rings. The molecule has 37 heavy (non-hydrogen) atoms. The van der Waals surface area contributed by atoms with Gasteiger partial charge in [-0.3, -0.25) is 14.6 Å². The molecule has 2 heterocycles. The van der Waals surface area contributed by atoms with Crippen molar-refractivity contribution in [1.82, 2.24) is 14.7 Å². The van der Waals surface area contributed by atoms with Crippen LogP contribution < -0.4 is 0 Å². The number of ether oxygens (including phenoxy) is 2. The summed E-state index contributed by atoms with van der Waals surface area (Å²) in [5.74, 6) is 0.0445. The second kappa shape index (κ2) is 10.2.